The lowest BCUT2D eigenvalue weighted by Gasteiger charge is -2.39. The second-order valence-corrected chi connectivity index (χ2v) is 6.41. The molecule has 0 unspecified atom stereocenters. The van der Waals surface area contributed by atoms with Crippen LogP contribution in [0, 0.1) is 5.92 Å². The monoisotopic (exact) mass is 374 g/mol. The number of rotatable bonds is 4. The number of alkyl halides is 5. The third-order valence-corrected chi connectivity index (χ3v) is 4.06. The fourth-order valence-electron chi connectivity index (χ4n) is 2.93. The summed E-state index contributed by atoms with van der Waals surface area (Å²) in [6, 6.07) is 4.79. The van der Waals surface area contributed by atoms with Crippen molar-refractivity contribution in [2.24, 2.45) is 5.92 Å². The van der Waals surface area contributed by atoms with Gasteiger partial charge in [-0.25, -0.2) is 13.5 Å². The van der Waals surface area contributed by atoms with Crippen LogP contribution in [0.1, 0.15) is 29.4 Å². The fraction of sp³-hybridized carbons (Fsp3) is 0.438. The molecule has 1 fully saturated rings. The van der Waals surface area contributed by atoms with Crippen molar-refractivity contribution >= 4 is 5.91 Å². The normalized spacial score (nSPS) is 15.8. The molecule has 1 aliphatic heterocycles. The van der Waals surface area contributed by atoms with Gasteiger partial charge in [0.1, 0.15) is 0 Å². The molecule has 5 nitrogen and oxygen atoms in total. The number of carbonyl (C=O) groups is 1. The zero-order chi connectivity index (χ0) is 19.1. The molecule has 2 aromatic rings. The number of benzene rings is 1. The van der Waals surface area contributed by atoms with Gasteiger partial charge in [-0.1, -0.05) is 17.3 Å². The van der Waals surface area contributed by atoms with Gasteiger partial charge < -0.3 is 4.90 Å². The highest BCUT2D eigenvalue weighted by Crippen LogP contribution is 2.33. The van der Waals surface area contributed by atoms with Crippen LogP contribution in [0.5, 0.6) is 0 Å². The van der Waals surface area contributed by atoms with Gasteiger partial charge in [-0.15, -0.1) is 5.10 Å². The van der Waals surface area contributed by atoms with Gasteiger partial charge in [0.05, 0.1) is 17.4 Å². The molecule has 26 heavy (non-hydrogen) atoms. The molecule has 1 aliphatic rings. The molecule has 0 spiro atoms. The van der Waals surface area contributed by atoms with Crippen molar-refractivity contribution in [2.75, 3.05) is 13.1 Å². The van der Waals surface area contributed by atoms with Crippen LogP contribution < -0.4 is 0 Å². The van der Waals surface area contributed by atoms with Crippen molar-refractivity contribution in [3.8, 4) is 5.69 Å². The minimum atomic E-state index is -4.58. The van der Waals surface area contributed by atoms with Crippen LogP contribution in [0.3, 0.4) is 0 Å². The molecule has 0 radical (unpaired) electrons. The number of nitrogens with zero attached hydrogens (tertiary/aromatic N) is 4. The molecule has 2 heterocycles. The average Bonchev–Trinajstić information content (AvgIpc) is 2.98. The number of carbonyl (C=O) groups excluding carboxylic acids is 1. The van der Waals surface area contributed by atoms with Crippen molar-refractivity contribution in [2.45, 2.75) is 25.4 Å². The van der Waals surface area contributed by atoms with Crippen molar-refractivity contribution in [3.63, 3.8) is 0 Å². The summed E-state index contributed by atoms with van der Waals surface area (Å²) in [4.78, 5) is 13.6. The van der Waals surface area contributed by atoms with Crippen molar-refractivity contribution in [3.05, 3.63) is 41.7 Å². The molecule has 0 bridgehead atoms. The topological polar surface area (TPSA) is 51.0 Å². The van der Waals surface area contributed by atoms with Gasteiger partial charge in [-0.3, -0.25) is 4.79 Å². The Hall–Kier alpha value is -2.52. The minimum absolute atomic E-state index is 0.135. The lowest BCUT2D eigenvalue weighted by Crippen LogP contribution is -2.51. The quantitative estimate of drug-likeness (QED) is 0.771. The van der Waals surface area contributed by atoms with Crippen LogP contribution in [0.25, 0.3) is 5.69 Å². The standard InChI is InChI=1S/C16H15F5N4O/c1-15(17,18)6-10-7-24(8-10)14(26)12-9-25(23-22-12)13-5-3-2-4-11(13)16(19,20)21/h2-5,9-10H,6-8H2,1H3. The van der Waals surface area contributed by atoms with Crippen LogP contribution in [0.2, 0.25) is 0 Å². The maximum absolute atomic E-state index is 13.1. The summed E-state index contributed by atoms with van der Waals surface area (Å²) in [6.07, 6.45) is -3.79. The summed E-state index contributed by atoms with van der Waals surface area (Å²) in [7, 11) is 0. The van der Waals surface area contributed by atoms with Gasteiger partial charge in [-0.2, -0.15) is 13.2 Å². The second-order valence-electron chi connectivity index (χ2n) is 6.41. The SMILES string of the molecule is CC(F)(F)CC1CN(C(=O)c2cn(-c3ccccc3C(F)(F)F)nn2)C1. The van der Waals surface area contributed by atoms with Gasteiger partial charge in [0.2, 0.25) is 5.92 Å². The van der Waals surface area contributed by atoms with E-state index in [1.165, 1.54) is 23.1 Å². The molecule has 0 atom stereocenters. The largest absolute Gasteiger partial charge is 0.418 e. The maximum atomic E-state index is 13.1. The predicted octanol–water partition coefficient (Wildman–Crippen LogP) is 3.40. The molecule has 1 saturated heterocycles. The third-order valence-electron chi connectivity index (χ3n) is 4.06. The molecule has 3 rings (SSSR count). The summed E-state index contributed by atoms with van der Waals surface area (Å²) < 4.78 is 66.0. The Morgan fingerprint density at radius 1 is 1.19 bits per heavy atom. The highest BCUT2D eigenvalue weighted by molar-refractivity contribution is 5.92. The Morgan fingerprint density at radius 3 is 2.46 bits per heavy atom. The molecular weight excluding hydrogens is 359 g/mol. The molecular formula is C16H15F5N4O. The van der Waals surface area contributed by atoms with E-state index in [1.54, 1.807) is 0 Å². The Labute approximate surface area is 145 Å². The third kappa shape index (κ3) is 3.83. The Kier molecular flexibility index (Phi) is 4.45. The van der Waals surface area contributed by atoms with E-state index < -0.39 is 23.6 Å². The van der Waals surface area contributed by atoms with Crippen LogP contribution in [0.15, 0.2) is 30.5 Å². The first-order chi connectivity index (χ1) is 12.0. The number of halogens is 5. The Morgan fingerprint density at radius 2 is 1.85 bits per heavy atom. The molecule has 10 heteroatoms. The fourth-order valence-corrected chi connectivity index (χ4v) is 2.93. The van der Waals surface area contributed by atoms with Crippen LogP contribution in [-0.4, -0.2) is 44.8 Å². The number of para-hydroxylation sites is 1. The Bertz CT molecular complexity index is 805. The van der Waals surface area contributed by atoms with Gasteiger partial charge in [0.15, 0.2) is 5.69 Å². The van der Waals surface area contributed by atoms with Crippen molar-refractivity contribution in [1.82, 2.24) is 19.9 Å². The summed E-state index contributed by atoms with van der Waals surface area (Å²) in [5, 5.41) is 7.22. The highest BCUT2D eigenvalue weighted by Gasteiger charge is 2.38. The number of amides is 1. The second kappa shape index (κ2) is 6.33. The van der Waals surface area contributed by atoms with Gasteiger partial charge in [0, 0.05) is 19.5 Å². The summed E-state index contributed by atoms with van der Waals surface area (Å²) in [5.41, 5.74) is -1.29. The molecule has 0 saturated carbocycles. The van der Waals surface area contributed by atoms with E-state index in [2.05, 4.69) is 10.3 Å². The van der Waals surface area contributed by atoms with Crippen LogP contribution >= 0.6 is 0 Å². The molecule has 140 valence electrons. The van der Waals surface area contributed by atoms with E-state index in [0.717, 1.165) is 23.9 Å². The van der Waals surface area contributed by atoms with E-state index in [1.807, 2.05) is 0 Å². The lowest BCUT2D eigenvalue weighted by atomic mass is 9.93. The number of likely N-dealkylation sites (tertiary alicyclic amines) is 1. The van der Waals surface area contributed by atoms with E-state index >= 15 is 0 Å². The van der Waals surface area contributed by atoms with E-state index in [0.29, 0.717) is 0 Å². The molecule has 1 aromatic carbocycles. The predicted molar refractivity (Wildman–Crippen MR) is 81.0 cm³/mol. The Balaban J connectivity index is 1.73. The van der Waals surface area contributed by atoms with E-state index in [4.69, 9.17) is 0 Å². The number of aromatic nitrogens is 3. The molecule has 0 aliphatic carbocycles. The summed E-state index contributed by atoms with van der Waals surface area (Å²) >= 11 is 0. The summed E-state index contributed by atoms with van der Waals surface area (Å²) in [6.45, 7) is 1.14. The highest BCUT2D eigenvalue weighted by atomic mass is 19.4. The first-order valence-electron chi connectivity index (χ1n) is 7.80. The molecule has 1 aromatic heterocycles. The lowest BCUT2D eigenvalue weighted by molar-refractivity contribution is -0.137. The number of hydrogen-bond donors (Lipinski definition) is 0. The smallest absolute Gasteiger partial charge is 0.337 e. The zero-order valence-electron chi connectivity index (χ0n) is 13.7. The van der Waals surface area contributed by atoms with E-state index in [-0.39, 0.29) is 36.8 Å². The molecule has 0 N–H and O–H groups in total. The first kappa shape index (κ1) is 18.3. The van der Waals surface area contributed by atoms with Gasteiger partial charge in [-0.05, 0) is 25.0 Å². The first-order valence-corrected chi connectivity index (χ1v) is 7.80. The zero-order valence-corrected chi connectivity index (χ0v) is 13.7. The average molecular weight is 374 g/mol. The van der Waals surface area contributed by atoms with Gasteiger partial charge in [0.25, 0.3) is 5.91 Å². The molecule has 1 amide bonds. The van der Waals surface area contributed by atoms with Crippen LogP contribution in [0.4, 0.5) is 22.0 Å². The maximum Gasteiger partial charge on any atom is 0.418 e. The minimum Gasteiger partial charge on any atom is -0.337 e. The summed E-state index contributed by atoms with van der Waals surface area (Å²) in [5.74, 6) is -3.65. The van der Waals surface area contributed by atoms with Crippen molar-refractivity contribution in [1.29, 1.82) is 0 Å². The van der Waals surface area contributed by atoms with E-state index in [9.17, 15) is 26.7 Å². The van der Waals surface area contributed by atoms with Crippen LogP contribution in [-0.2, 0) is 6.18 Å². The number of hydrogen-bond acceptors (Lipinski definition) is 3. The van der Waals surface area contributed by atoms with Gasteiger partial charge >= 0.3 is 6.18 Å². The van der Waals surface area contributed by atoms with Crippen molar-refractivity contribution < 1.29 is 26.7 Å².